The number of fused-ring (bicyclic) bond motifs is 1. The highest BCUT2D eigenvalue weighted by Crippen LogP contribution is 2.40. The molecule has 0 aromatic heterocycles. The first-order chi connectivity index (χ1) is 8.68. The quantitative estimate of drug-likeness (QED) is 0.665. The zero-order valence-electron chi connectivity index (χ0n) is 11.2. The molecule has 0 saturated carbocycles. The lowest BCUT2D eigenvalue weighted by Crippen LogP contribution is -1.91. The first kappa shape index (κ1) is 11.3. The molecule has 0 heterocycles. The molecule has 2 aromatic rings. The van der Waals surface area contributed by atoms with Crippen LogP contribution >= 0.6 is 0 Å². The summed E-state index contributed by atoms with van der Waals surface area (Å²) in [6.07, 6.45) is 1.08. The van der Waals surface area contributed by atoms with Gasteiger partial charge < -0.3 is 0 Å². The molecule has 0 radical (unpaired) electrons. The molecule has 0 fully saturated rings. The topological polar surface area (TPSA) is 0 Å². The van der Waals surface area contributed by atoms with Crippen molar-refractivity contribution in [3.63, 3.8) is 0 Å². The minimum atomic E-state index is 1.08. The van der Waals surface area contributed by atoms with E-state index in [1.54, 1.807) is 0 Å². The monoisotopic (exact) mass is 234 g/mol. The third-order valence-electron chi connectivity index (χ3n) is 4.14. The Balaban J connectivity index is 2.17. The first-order valence-electron chi connectivity index (χ1n) is 6.53. The highest BCUT2D eigenvalue weighted by atomic mass is 14.3. The number of allylic oxidation sites excluding steroid dienone is 2. The zero-order valence-corrected chi connectivity index (χ0v) is 11.2. The summed E-state index contributed by atoms with van der Waals surface area (Å²) in [5.41, 5.74) is 10.1. The van der Waals surface area contributed by atoms with Crippen LogP contribution in [0.5, 0.6) is 0 Å². The maximum atomic E-state index is 2.29. The molecule has 0 bridgehead atoms. The van der Waals surface area contributed by atoms with Crippen molar-refractivity contribution in [1.82, 2.24) is 0 Å². The second-order valence-electron chi connectivity index (χ2n) is 5.19. The van der Waals surface area contributed by atoms with Crippen LogP contribution in [-0.4, -0.2) is 0 Å². The molecule has 0 spiro atoms. The van der Waals surface area contributed by atoms with Gasteiger partial charge in [0.1, 0.15) is 0 Å². The van der Waals surface area contributed by atoms with Crippen molar-refractivity contribution in [3.05, 3.63) is 70.3 Å². The summed E-state index contributed by atoms with van der Waals surface area (Å²) >= 11 is 0. The zero-order chi connectivity index (χ0) is 12.7. The fourth-order valence-corrected chi connectivity index (χ4v) is 2.97. The van der Waals surface area contributed by atoms with Gasteiger partial charge in [-0.2, -0.15) is 0 Å². The van der Waals surface area contributed by atoms with Gasteiger partial charge in [0.15, 0.2) is 0 Å². The fourth-order valence-electron chi connectivity index (χ4n) is 2.97. The van der Waals surface area contributed by atoms with Crippen LogP contribution < -0.4 is 0 Å². The van der Waals surface area contributed by atoms with Crippen molar-refractivity contribution in [2.75, 3.05) is 0 Å². The van der Waals surface area contributed by atoms with Gasteiger partial charge in [-0.1, -0.05) is 42.5 Å². The largest absolute Gasteiger partial charge is 0.0622 e. The molecule has 0 aliphatic heterocycles. The molecule has 18 heavy (non-hydrogen) atoms. The van der Waals surface area contributed by atoms with Crippen LogP contribution in [0.25, 0.3) is 11.1 Å². The number of aryl methyl sites for hydroxylation is 1. The van der Waals surface area contributed by atoms with E-state index in [0.29, 0.717) is 0 Å². The molecule has 1 aliphatic rings. The Morgan fingerprint density at radius 1 is 0.833 bits per heavy atom. The molecule has 0 amide bonds. The predicted octanol–water partition coefficient (Wildman–Crippen LogP) is 4.79. The van der Waals surface area contributed by atoms with E-state index in [1.165, 1.54) is 39.0 Å². The van der Waals surface area contributed by atoms with E-state index in [9.17, 15) is 0 Å². The van der Waals surface area contributed by atoms with E-state index in [1.807, 2.05) is 0 Å². The average molecular weight is 234 g/mol. The molecule has 0 atom stereocenters. The van der Waals surface area contributed by atoms with Crippen LogP contribution in [0.3, 0.4) is 0 Å². The van der Waals surface area contributed by atoms with Gasteiger partial charge in [0.2, 0.25) is 0 Å². The van der Waals surface area contributed by atoms with Gasteiger partial charge in [0, 0.05) is 0 Å². The van der Waals surface area contributed by atoms with E-state index >= 15 is 0 Å². The summed E-state index contributed by atoms with van der Waals surface area (Å²) in [7, 11) is 0. The molecule has 2 aromatic carbocycles. The average Bonchev–Trinajstić information content (AvgIpc) is 2.73. The van der Waals surface area contributed by atoms with Gasteiger partial charge in [0.05, 0.1) is 0 Å². The summed E-state index contributed by atoms with van der Waals surface area (Å²) in [4.78, 5) is 0. The second-order valence-corrected chi connectivity index (χ2v) is 5.19. The molecule has 0 heteroatoms. The van der Waals surface area contributed by atoms with Crippen molar-refractivity contribution in [2.24, 2.45) is 0 Å². The second kappa shape index (κ2) is 4.13. The first-order valence-corrected chi connectivity index (χ1v) is 6.53. The van der Waals surface area contributed by atoms with Crippen molar-refractivity contribution >= 4 is 11.1 Å². The molecule has 0 N–H and O–H groups in total. The SMILES string of the molecule is CC1=C(c2ccccc2)Cc2ccc(C)c(C)c21. The Labute approximate surface area is 109 Å². The normalized spacial score (nSPS) is 13.9. The van der Waals surface area contributed by atoms with Crippen LogP contribution in [-0.2, 0) is 6.42 Å². The van der Waals surface area contributed by atoms with Crippen LogP contribution in [0.15, 0.2) is 42.5 Å². The van der Waals surface area contributed by atoms with E-state index in [-0.39, 0.29) is 0 Å². The Bertz CT molecular complexity index is 631. The maximum Gasteiger partial charge on any atom is -0.00108 e. The molecule has 90 valence electrons. The summed E-state index contributed by atoms with van der Waals surface area (Å²) in [6.45, 7) is 6.70. The lowest BCUT2D eigenvalue weighted by molar-refractivity contribution is 1.24. The Kier molecular flexibility index (Phi) is 2.59. The van der Waals surface area contributed by atoms with Gasteiger partial charge in [-0.05, 0) is 66.2 Å². The summed E-state index contributed by atoms with van der Waals surface area (Å²) in [5.74, 6) is 0. The van der Waals surface area contributed by atoms with Crippen molar-refractivity contribution in [1.29, 1.82) is 0 Å². The van der Waals surface area contributed by atoms with E-state index in [2.05, 4.69) is 63.2 Å². The lowest BCUT2D eigenvalue weighted by atomic mass is 9.96. The van der Waals surface area contributed by atoms with E-state index in [4.69, 9.17) is 0 Å². The number of rotatable bonds is 1. The third-order valence-corrected chi connectivity index (χ3v) is 4.14. The van der Waals surface area contributed by atoms with Gasteiger partial charge in [-0.3, -0.25) is 0 Å². The van der Waals surface area contributed by atoms with Gasteiger partial charge in [0.25, 0.3) is 0 Å². The van der Waals surface area contributed by atoms with Crippen molar-refractivity contribution in [2.45, 2.75) is 27.2 Å². The standard InChI is InChI=1S/C18H18/c1-12-9-10-16-11-17(14(3)18(16)13(12)2)15-7-5-4-6-8-15/h4-10H,11H2,1-3H3. The highest BCUT2D eigenvalue weighted by molar-refractivity contribution is 5.97. The number of hydrogen-bond donors (Lipinski definition) is 0. The molecular formula is C18H18. The Morgan fingerprint density at radius 2 is 1.56 bits per heavy atom. The van der Waals surface area contributed by atoms with Crippen LogP contribution in [0.4, 0.5) is 0 Å². The summed E-state index contributed by atoms with van der Waals surface area (Å²) in [6, 6.07) is 15.3. The van der Waals surface area contributed by atoms with Gasteiger partial charge >= 0.3 is 0 Å². The Morgan fingerprint density at radius 3 is 2.28 bits per heavy atom. The molecule has 0 saturated heterocycles. The van der Waals surface area contributed by atoms with E-state index in [0.717, 1.165) is 6.42 Å². The minimum absolute atomic E-state index is 1.08. The third kappa shape index (κ3) is 1.60. The van der Waals surface area contributed by atoms with Crippen molar-refractivity contribution < 1.29 is 0 Å². The number of benzene rings is 2. The van der Waals surface area contributed by atoms with Crippen molar-refractivity contribution in [3.8, 4) is 0 Å². The molecule has 3 rings (SSSR count). The molecular weight excluding hydrogens is 216 g/mol. The van der Waals surface area contributed by atoms with Crippen LogP contribution in [0, 0.1) is 13.8 Å². The summed E-state index contributed by atoms with van der Waals surface area (Å²) < 4.78 is 0. The van der Waals surface area contributed by atoms with Crippen LogP contribution in [0.2, 0.25) is 0 Å². The highest BCUT2D eigenvalue weighted by Gasteiger charge is 2.21. The Hall–Kier alpha value is -1.82. The summed E-state index contributed by atoms with van der Waals surface area (Å²) in [5, 5.41) is 0. The predicted molar refractivity (Wildman–Crippen MR) is 78.6 cm³/mol. The lowest BCUT2D eigenvalue weighted by Gasteiger charge is -2.08. The maximum absolute atomic E-state index is 2.29. The van der Waals surface area contributed by atoms with E-state index < -0.39 is 0 Å². The van der Waals surface area contributed by atoms with Gasteiger partial charge in [-0.15, -0.1) is 0 Å². The minimum Gasteiger partial charge on any atom is -0.0622 e. The fraction of sp³-hybridized carbons (Fsp3) is 0.222. The molecule has 0 nitrogen and oxygen atoms in total. The van der Waals surface area contributed by atoms with Gasteiger partial charge in [-0.25, -0.2) is 0 Å². The van der Waals surface area contributed by atoms with Crippen LogP contribution in [0.1, 0.15) is 34.7 Å². The number of hydrogen-bond acceptors (Lipinski definition) is 0. The smallest absolute Gasteiger partial charge is 0.00108 e. The molecule has 1 aliphatic carbocycles. The molecule has 0 unspecified atom stereocenters.